The number of carbonyl (C=O) groups is 1. The van der Waals surface area contributed by atoms with Gasteiger partial charge in [0, 0.05) is 24.7 Å². The molecular weight excluding hydrogens is 339 g/mol. The zero-order valence-electron chi connectivity index (χ0n) is 13.3. The van der Waals surface area contributed by atoms with E-state index in [2.05, 4.69) is 4.98 Å². The summed E-state index contributed by atoms with van der Waals surface area (Å²) in [4.78, 5) is 16.0. The number of aromatic nitrogens is 1. The molecule has 23 heavy (non-hydrogen) atoms. The second kappa shape index (κ2) is 6.72. The van der Waals surface area contributed by atoms with Crippen LogP contribution in [0.2, 0.25) is 10.0 Å². The van der Waals surface area contributed by atoms with Gasteiger partial charge in [0.2, 0.25) is 5.88 Å². The predicted molar refractivity (Wildman–Crippen MR) is 91.7 cm³/mol. The highest BCUT2D eigenvalue weighted by atomic mass is 35.5. The topological polar surface area (TPSA) is 65.6 Å². The van der Waals surface area contributed by atoms with E-state index in [9.17, 15) is 9.90 Å². The van der Waals surface area contributed by atoms with Gasteiger partial charge in [-0.1, -0.05) is 30.1 Å². The normalized spacial score (nSPS) is 10.7. The SMILES string of the molecule is CCc1cc(Cl)cc(Cl)c1-c1c(O)[nH]c(C)c1OC(=O)N(C)C. The molecule has 0 fully saturated rings. The Morgan fingerprint density at radius 3 is 2.52 bits per heavy atom. The molecule has 0 radical (unpaired) electrons. The summed E-state index contributed by atoms with van der Waals surface area (Å²) in [6, 6.07) is 3.37. The molecule has 0 aliphatic carbocycles. The minimum Gasteiger partial charge on any atom is -0.494 e. The summed E-state index contributed by atoms with van der Waals surface area (Å²) < 4.78 is 5.40. The molecule has 1 amide bonds. The fraction of sp³-hybridized carbons (Fsp3) is 0.312. The number of aromatic hydroxyl groups is 1. The molecule has 0 aliphatic heterocycles. The summed E-state index contributed by atoms with van der Waals surface area (Å²) in [7, 11) is 3.16. The third kappa shape index (κ3) is 3.41. The van der Waals surface area contributed by atoms with Gasteiger partial charge in [-0.05, 0) is 31.0 Å². The van der Waals surface area contributed by atoms with Gasteiger partial charge in [-0.25, -0.2) is 4.79 Å². The standard InChI is InChI=1S/C16H18Cl2N2O3/c1-5-9-6-10(17)7-11(18)12(9)13-14(8(2)19-15(13)21)23-16(22)20(3)4/h6-7,19,21H,5H2,1-4H3. The Morgan fingerprint density at radius 1 is 1.30 bits per heavy atom. The average Bonchev–Trinajstić information content (AvgIpc) is 2.72. The number of hydrogen-bond donors (Lipinski definition) is 2. The van der Waals surface area contributed by atoms with Crippen LogP contribution in [-0.4, -0.2) is 35.2 Å². The zero-order chi connectivity index (χ0) is 17.3. The molecule has 1 heterocycles. The van der Waals surface area contributed by atoms with Crippen molar-refractivity contribution in [2.45, 2.75) is 20.3 Å². The maximum absolute atomic E-state index is 11.9. The van der Waals surface area contributed by atoms with Crippen molar-refractivity contribution >= 4 is 29.3 Å². The van der Waals surface area contributed by atoms with Gasteiger partial charge < -0.3 is 19.7 Å². The largest absolute Gasteiger partial charge is 0.494 e. The number of benzene rings is 1. The molecule has 1 aromatic heterocycles. The lowest BCUT2D eigenvalue weighted by molar-refractivity contribution is 0.172. The Hall–Kier alpha value is -1.85. The molecule has 0 atom stereocenters. The number of halogens is 2. The molecule has 0 saturated carbocycles. The minimum atomic E-state index is -0.545. The summed E-state index contributed by atoms with van der Waals surface area (Å²) in [5.41, 5.74) is 2.33. The van der Waals surface area contributed by atoms with E-state index in [4.69, 9.17) is 27.9 Å². The van der Waals surface area contributed by atoms with Crippen LogP contribution in [0.4, 0.5) is 4.79 Å². The van der Waals surface area contributed by atoms with Crippen molar-refractivity contribution in [3.8, 4) is 22.8 Å². The van der Waals surface area contributed by atoms with Crippen LogP contribution in [0.1, 0.15) is 18.2 Å². The summed E-state index contributed by atoms with van der Waals surface area (Å²) in [5, 5.41) is 11.2. The highest BCUT2D eigenvalue weighted by Crippen LogP contribution is 2.46. The Bertz CT molecular complexity index is 754. The Labute approximate surface area is 144 Å². The second-order valence-electron chi connectivity index (χ2n) is 5.34. The Kier molecular flexibility index (Phi) is 5.12. The second-order valence-corrected chi connectivity index (χ2v) is 6.18. The molecule has 0 unspecified atom stereocenters. The van der Waals surface area contributed by atoms with Crippen LogP contribution in [0.5, 0.6) is 11.6 Å². The van der Waals surface area contributed by atoms with Gasteiger partial charge in [0.15, 0.2) is 5.75 Å². The number of rotatable bonds is 3. The van der Waals surface area contributed by atoms with Crippen molar-refractivity contribution in [1.82, 2.24) is 9.88 Å². The van der Waals surface area contributed by atoms with Crippen molar-refractivity contribution in [3.05, 3.63) is 33.4 Å². The smallest absolute Gasteiger partial charge is 0.414 e. The van der Waals surface area contributed by atoms with Crippen LogP contribution in [0.3, 0.4) is 0 Å². The van der Waals surface area contributed by atoms with E-state index in [0.717, 1.165) is 5.56 Å². The monoisotopic (exact) mass is 356 g/mol. The van der Waals surface area contributed by atoms with Gasteiger partial charge in [-0.3, -0.25) is 0 Å². The van der Waals surface area contributed by atoms with E-state index in [1.54, 1.807) is 33.2 Å². The molecule has 1 aromatic carbocycles. The van der Waals surface area contributed by atoms with E-state index in [1.807, 2.05) is 6.92 Å². The fourth-order valence-electron chi connectivity index (χ4n) is 2.32. The van der Waals surface area contributed by atoms with Gasteiger partial charge in [-0.15, -0.1) is 0 Å². The molecule has 0 aliphatic rings. The number of aromatic amines is 1. The lowest BCUT2D eigenvalue weighted by Gasteiger charge is -2.15. The third-order valence-corrected chi connectivity index (χ3v) is 3.95. The van der Waals surface area contributed by atoms with E-state index >= 15 is 0 Å². The first-order valence-corrected chi connectivity index (χ1v) is 7.80. The average molecular weight is 357 g/mol. The van der Waals surface area contributed by atoms with Gasteiger partial charge >= 0.3 is 6.09 Å². The molecule has 124 valence electrons. The van der Waals surface area contributed by atoms with Gasteiger partial charge in [0.25, 0.3) is 0 Å². The predicted octanol–water partition coefficient (Wildman–Crippen LogP) is 4.63. The number of hydrogen-bond acceptors (Lipinski definition) is 3. The highest BCUT2D eigenvalue weighted by Gasteiger charge is 2.25. The highest BCUT2D eigenvalue weighted by molar-refractivity contribution is 6.36. The lowest BCUT2D eigenvalue weighted by Crippen LogP contribution is -2.25. The number of aryl methyl sites for hydroxylation is 2. The first-order valence-electron chi connectivity index (χ1n) is 7.05. The maximum Gasteiger partial charge on any atom is 0.414 e. The lowest BCUT2D eigenvalue weighted by atomic mass is 9.98. The number of H-pyrrole nitrogens is 1. The first-order chi connectivity index (χ1) is 10.8. The van der Waals surface area contributed by atoms with Gasteiger partial charge in [-0.2, -0.15) is 0 Å². The summed E-state index contributed by atoms with van der Waals surface area (Å²) in [6.07, 6.45) is 0.108. The third-order valence-electron chi connectivity index (χ3n) is 3.43. The van der Waals surface area contributed by atoms with Crippen molar-refractivity contribution in [2.24, 2.45) is 0 Å². The van der Waals surface area contributed by atoms with Crippen molar-refractivity contribution in [1.29, 1.82) is 0 Å². The fourth-order valence-corrected chi connectivity index (χ4v) is 2.95. The van der Waals surface area contributed by atoms with Crippen LogP contribution in [0.15, 0.2) is 12.1 Å². The summed E-state index contributed by atoms with van der Waals surface area (Å²) in [5.74, 6) is 0.142. The van der Waals surface area contributed by atoms with Crippen LogP contribution in [0, 0.1) is 6.92 Å². The van der Waals surface area contributed by atoms with Crippen LogP contribution in [-0.2, 0) is 6.42 Å². The molecular formula is C16H18Cl2N2O3. The molecule has 2 N–H and O–H groups in total. The molecule has 0 bridgehead atoms. The molecule has 7 heteroatoms. The van der Waals surface area contributed by atoms with E-state index in [1.165, 1.54) is 4.90 Å². The Balaban J connectivity index is 2.67. The number of nitrogens with zero attached hydrogens (tertiary/aromatic N) is 1. The molecule has 0 spiro atoms. The molecule has 2 aromatic rings. The summed E-state index contributed by atoms with van der Waals surface area (Å²) >= 11 is 12.4. The minimum absolute atomic E-state index is 0.108. The zero-order valence-corrected chi connectivity index (χ0v) is 14.8. The van der Waals surface area contributed by atoms with Crippen molar-refractivity contribution in [2.75, 3.05) is 14.1 Å². The first kappa shape index (κ1) is 17.5. The van der Waals surface area contributed by atoms with E-state index < -0.39 is 6.09 Å². The van der Waals surface area contributed by atoms with Gasteiger partial charge in [0.05, 0.1) is 16.3 Å². The molecule has 2 rings (SSSR count). The maximum atomic E-state index is 11.9. The molecule has 0 saturated heterocycles. The number of amides is 1. The van der Waals surface area contributed by atoms with E-state index in [0.29, 0.717) is 33.3 Å². The number of carbonyl (C=O) groups excluding carboxylic acids is 1. The van der Waals surface area contributed by atoms with Crippen LogP contribution < -0.4 is 4.74 Å². The van der Waals surface area contributed by atoms with Crippen molar-refractivity contribution in [3.63, 3.8) is 0 Å². The number of nitrogens with one attached hydrogen (secondary N) is 1. The van der Waals surface area contributed by atoms with E-state index in [-0.39, 0.29) is 11.6 Å². The van der Waals surface area contributed by atoms with Gasteiger partial charge in [0.1, 0.15) is 0 Å². The summed E-state index contributed by atoms with van der Waals surface area (Å²) in [6.45, 7) is 3.66. The quantitative estimate of drug-likeness (QED) is 0.842. The Morgan fingerprint density at radius 2 is 1.96 bits per heavy atom. The number of ether oxygens (including phenoxy) is 1. The molecule has 5 nitrogen and oxygen atoms in total. The van der Waals surface area contributed by atoms with Crippen LogP contribution in [0.25, 0.3) is 11.1 Å². The van der Waals surface area contributed by atoms with Crippen LogP contribution >= 0.6 is 23.2 Å². The van der Waals surface area contributed by atoms with Crippen molar-refractivity contribution < 1.29 is 14.6 Å².